The summed E-state index contributed by atoms with van der Waals surface area (Å²) in [6.45, 7) is 0.753. The van der Waals surface area contributed by atoms with Crippen molar-refractivity contribution in [2.45, 2.75) is 6.54 Å². The van der Waals surface area contributed by atoms with Crippen LogP contribution in [0, 0.1) is 0 Å². The molecule has 0 saturated carbocycles. The molecule has 1 N–H and O–H groups in total. The average Bonchev–Trinajstić information content (AvgIpc) is 2.51. The highest BCUT2D eigenvalue weighted by molar-refractivity contribution is 6.33. The van der Waals surface area contributed by atoms with Gasteiger partial charge in [-0.1, -0.05) is 11.6 Å². The third-order valence-electron chi connectivity index (χ3n) is 1.82. The zero-order valence-corrected chi connectivity index (χ0v) is 7.91. The molecule has 5 heteroatoms. The quantitative estimate of drug-likeness (QED) is 0.782. The summed E-state index contributed by atoms with van der Waals surface area (Å²) in [7, 11) is 1.89. The Kier molecular flexibility index (Phi) is 2.16. The molecule has 0 amide bonds. The molecular weight excluding hydrogens is 188 g/mol. The van der Waals surface area contributed by atoms with E-state index in [9.17, 15) is 0 Å². The molecule has 0 radical (unpaired) electrons. The second-order valence-corrected chi connectivity index (χ2v) is 3.12. The van der Waals surface area contributed by atoms with Crippen molar-refractivity contribution in [3.63, 3.8) is 0 Å². The summed E-state index contributed by atoms with van der Waals surface area (Å²) in [4.78, 5) is 8.18. The molecule has 0 aliphatic heterocycles. The fourth-order valence-corrected chi connectivity index (χ4v) is 1.43. The molecule has 2 aromatic rings. The van der Waals surface area contributed by atoms with Crippen LogP contribution in [0.4, 0.5) is 0 Å². The van der Waals surface area contributed by atoms with Crippen LogP contribution in [-0.4, -0.2) is 21.4 Å². The molecule has 68 valence electrons. The van der Waals surface area contributed by atoms with Crippen molar-refractivity contribution in [1.82, 2.24) is 19.7 Å². The van der Waals surface area contributed by atoms with Crippen LogP contribution < -0.4 is 5.32 Å². The van der Waals surface area contributed by atoms with E-state index in [1.807, 2.05) is 11.4 Å². The van der Waals surface area contributed by atoms with Gasteiger partial charge < -0.3 is 5.32 Å². The van der Waals surface area contributed by atoms with Gasteiger partial charge in [-0.2, -0.15) is 0 Å². The van der Waals surface area contributed by atoms with E-state index < -0.39 is 0 Å². The molecule has 4 nitrogen and oxygen atoms in total. The highest BCUT2D eigenvalue weighted by Crippen LogP contribution is 2.14. The van der Waals surface area contributed by atoms with E-state index in [1.165, 1.54) is 0 Å². The fraction of sp³-hybridized carbons (Fsp3) is 0.250. The highest BCUT2D eigenvalue weighted by atomic mass is 35.5. The van der Waals surface area contributed by atoms with E-state index in [0.717, 1.165) is 17.9 Å². The molecule has 2 rings (SSSR count). The fourth-order valence-electron chi connectivity index (χ4n) is 1.24. The van der Waals surface area contributed by atoms with Crippen LogP contribution >= 0.6 is 11.6 Å². The van der Waals surface area contributed by atoms with Gasteiger partial charge in [0.05, 0.1) is 18.1 Å². The first-order chi connectivity index (χ1) is 6.33. The Bertz CT molecular complexity index is 423. The van der Waals surface area contributed by atoms with Crippen molar-refractivity contribution in [3.8, 4) is 0 Å². The lowest BCUT2D eigenvalue weighted by molar-refractivity contribution is 0.778. The maximum absolute atomic E-state index is 5.90. The van der Waals surface area contributed by atoms with E-state index in [1.54, 1.807) is 18.7 Å². The minimum absolute atomic E-state index is 0.574. The van der Waals surface area contributed by atoms with Gasteiger partial charge in [-0.15, -0.1) is 0 Å². The third-order valence-corrected chi connectivity index (χ3v) is 2.08. The number of aromatic nitrogens is 3. The average molecular weight is 197 g/mol. The number of hydrogen-bond donors (Lipinski definition) is 1. The van der Waals surface area contributed by atoms with Crippen LogP contribution in [0.25, 0.3) is 5.65 Å². The van der Waals surface area contributed by atoms with Gasteiger partial charge in [0.1, 0.15) is 11.3 Å². The predicted octanol–water partition coefficient (Wildman–Crippen LogP) is 1.10. The van der Waals surface area contributed by atoms with Crippen molar-refractivity contribution in [2.24, 2.45) is 0 Å². The van der Waals surface area contributed by atoms with Crippen LogP contribution in [0.15, 0.2) is 18.7 Å². The van der Waals surface area contributed by atoms with Crippen molar-refractivity contribution >= 4 is 17.2 Å². The highest BCUT2D eigenvalue weighted by Gasteiger charge is 2.04. The van der Waals surface area contributed by atoms with Crippen LogP contribution in [0.2, 0.25) is 5.02 Å². The van der Waals surface area contributed by atoms with Crippen LogP contribution in [0.3, 0.4) is 0 Å². The first-order valence-corrected chi connectivity index (χ1v) is 4.31. The Morgan fingerprint density at radius 3 is 3.15 bits per heavy atom. The van der Waals surface area contributed by atoms with Gasteiger partial charge in [-0.05, 0) is 7.05 Å². The summed E-state index contributed by atoms with van der Waals surface area (Å²) in [6.07, 6.45) is 5.09. The zero-order chi connectivity index (χ0) is 9.26. The third kappa shape index (κ3) is 1.38. The van der Waals surface area contributed by atoms with E-state index in [-0.39, 0.29) is 0 Å². The monoisotopic (exact) mass is 196 g/mol. The maximum atomic E-state index is 5.90. The summed E-state index contributed by atoms with van der Waals surface area (Å²) in [5.74, 6) is 0. The first kappa shape index (κ1) is 8.47. The predicted molar refractivity (Wildman–Crippen MR) is 50.8 cm³/mol. The topological polar surface area (TPSA) is 42.2 Å². The minimum Gasteiger partial charge on any atom is -0.314 e. The molecule has 13 heavy (non-hydrogen) atoms. The van der Waals surface area contributed by atoms with Crippen LogP contribution in [0.1, 0.15) is 5.69 Å². The maximum Gasteiger partial charge on any atom is 0.158 e. The number of nitrogens with zero attached hydrogens (tertiary/aromatic N) is 3. The van der Waals surface area contributed by atoms with Crippen molar-refractivity contribution in [3.05, 3.63) is 29.4 Å². The summed E-state index contributed by atoms with van der Waals surface area (Å²) >= 11 is 5.90. The van der Waals surface area contributed by atoms with Crippen molar-refractivity contribution in [1.29, 1.82) is 0 Å². The molecule has 0 spiro atoms. The Balaban J connectivity index is 2.61. The van der Waals surface area contributed by atoms with E-state index >= 15 is 0 Å². The zero-order valence-electron chi connectivity index (χ0n) is 7.16. The molecule has 0 aromatic carbocycles. The number of rotatable bonds is 2. The number of hydrogen-bond acceptors (Lipinski definition) is 3. The van der Waals surface area contributed by atoms with Gasteiger partial charge in [-0.3, -0.25) is 4.40 Å². The Labute approximate surface area is 80.6 Å². The number of fused-ring (bicyclic) bond motifs is 1. The number of halogens is 1. The molecule has 0 bridgehead atoms. The van der Waals surface area contributed by atoms with Crippen molar-refractivity contribution < 1.29 is 0 Å². The molecule has 0 saturated heterocycles. The van der Waals surface area contributed by atoms with Gasteiger partial charge in [0, 0.05) is 6.54 Å². The minimum atomic E-state index is 0.574. The number of nitrogens with one attached hydrogen (secondary N) is 1. The lowest BCUT2D eigenvalue weighted by atomic mass is 10.5. The standard InChI is InChI=1S/C8H9ClN4/c1-10-2-6-3-12-8-7(9)4-11-5-13(6)8/h3-5,10H,2H2,1H3. The van der Waals surface area contributed by atoms with Crippen LogP contribution in [-0.2, 0) is 6.54 Å². The van der Waals surface area contributed by atoms with Gasteiger partial charge in [0.15, 0.2) is 5.65 Å². The molecule has 0 unspecified atom stereocenters. The Hall–Kier alpha value is -1.13. The molecule has 0 fully saturated rings. The molecule has 2 heterocycles. The van der Waals surface area contributed by atoms with Gasteiger partial charge in [0.2, 0.25) is 0 Å². The van der Waals surface area contributed by atoms with E-state index in [0.29, 0.717) is 5.02 Å². The lowest BCUT2D eigenvalue weighted by Gasteiger charge is -1.99. The van der Waals surface area contributed by atoms with E-state index in [4.69, 9.17) is 11.6 Å². The Morgan fingerprint density at radius 2 is 2.38 bits per heavy atom. The van der Waals surface area contributed by atoms with Crippen molar-refractivity contribution in [2.75, 3.05) is 7.05 Å². The summed E-state index contributed by atoms with van der Waals surface area (Å²) in [6, 6.07) is 0. The Morgan fingerprint density at radius 1 is 1.54 bits per heavy atom. The largest absolute Gasteiger partial charge is 0.314 e. The molecule has 0 aliphatic carbocycles. The summed E-state index contributed by atoms with van der Waals surface area (Å²) in [5.41, 5.74) is 1.80. The van der Waals surface area contributed by atoms with Gasteiger partial charge in [-0.25, -0.2) is 9.97 Å². The lowest BCUT2D eigenvalue weighted by Crippen LogP contribution is -2.07. The summed E-state index contributed by atoms with van der Waals surface area (Å²) in [5, 5.41) is 3.62. The van der Waals surface area contributed by atoms with Gasteiger partial charge >= 0.3 is 0 Å². The SMILES string of the molecule is CNCc1cnc2c(Cl)cncn12. The molecule has 0 aliphatic rings. The second-order valence-electron chi connectivity index (χ2n) is 2.72. The number of imidazole rings is 1. The summed E-state index contributed by atoms with van der Waals surface area (Å²) < 4.78 is 1.87. The smallest absolute Gasteiger partial charge is 0.158 e. The molecular formula is C8H9ClN4. The van der Waals surface area contributed by atoms with Gasteiger partial charge in [0.25, 0.3) is 0 Å². The second kappa shape index (κ2) is 3.32. The normalized spacial score (nSPS) is 10.9. The van der Waals surface area contributed by atoms with Crippen LogP contribution in [0.5, 0.6) is 0 Å². The molecule has 0 atom stereocenters. The van der Waals surface area contributed by atoms with E-state index in [2.05, 4.69) is 15.3 Å². The first-order valence-electron chi connectivity index (χ1n) is 3.93. The molecule has 2 aromatic heterocycles.